The molecule has 7 heteroatoms. The summed E-state index contributed by atoms with van der Waals surface area (Å²) in [7, 11) is 2.17. The van der Waals surface area contributed by atoms with Crippen molar-refractivity contribution in [3.05, 3.63) is 0 Å². The van der Waals surface area contributed by atoms with E-state index in [0.717, 1.165) is 27.1 Å². The number of rotatable bonds is 3. The fraction of sp³-hybridized carbons (Fsp3) is 0. The van der Waals surface area contributed by atoms with Gasteiger partial charge in [-0.15, -0.1) is 0 Å². The van der Waals surface area contributed by atoms with Crippen molar-refractivity contribution in [2.75, 3.05) is 0 Å². The molecule has 2 nitrogen and oxygen atoms in total. The molecule has 0 amide bonds. The summed E-state index contributed by atoms with van der Waals surface area (Å²) >= 11 is 5.45. The molecule has 0 saturated carbocycles. The van der Waals surface area contributed by atoms with E-state index in [4.69, 9.17) is 11.5 Å². The molecule has 0 spiro atoms. The van der Waals surface area contributed by atoms with Crippen molar-refractivity contribution in [1.82, 2.24) is 9.43 Å². The zero-order valence-corrected chi connectivity index (χ0v) is 10.9. The molecule has 0 saturated heterocycles. The lowest BCUT2D eigenvalue weighted by atomic mass is 10.7. The zero-order chi connectivity index (χ0) is 5.70. The highest BCUT2D eigenvalue weighted by Gasteiger charge is 1.85. The minimum absolute atomic E-state index is 0.115. The van der Waals surface area contributed by atoms with E-state index >= 15 is 0 Å². The third-order valence-electron chi connectivity index (χ3n) is 0.523. The van der Waals surface area contributed by atoms with E-state index in [0.29, 0.717) is 0 Å². The van der Waals surface area contributed by atoms with Crippen LogP contribution in [0, 0.1) is 0 Å². The highest BCUT2D eigenvalue weighted by molar-refractivity contribution is 7.25. The third-order valence-corrected chi connectivity index (χ3v) is 4.03. The van der Waals surface area contributed by atoms with Gasteiger partial charge in [0.1, 0.15) is 0 Å². The van der Waals surface area contributed by atoms with E-state index in [2.05, 4.69) is 9.43 Å². The van der Waals surface area contributed by atoms with Gasteiger partial charge in [0.2, 0.25) is 6.29 Å². The summed E-state index contributed by atoms with van der Waals surface area (Å²) in [4.78, 5) is 0. The summed E-state index contributed by atoms with van der Waals surface area (Å²) in [6.07, 6.45) is 0.848. The number of hydrogen-bond acceptors (Lipinski definition) is 2. The van der Waals surface area contributed by atoms with Crippen LogP contribution < -0.4 is 5.09 Å². The standard InChI is InChI=1S/BClH10N2Si3/c2-1-7-3-4(5)6/h1,3H,7H2,5-6H3. The number of hydrogen-bond donors (Lipinski definition) is 1. The summed E-state index contributed by atoms with van der Waals surface area (Å²) < 4.78 is 2.22. The summed E-state index contributed by atoms with van der Waals surface area (Å²) in [6, 6.07) is 0. The van der Waals surface area contributed by atoms with Gasteiger partial charge in [0.15, 0.2) is 0 Å². The van der Waals surface area contributed by atoms with E-state index in [1.165, 1.54) is 0 Å². The van der Waals surface area contributed by atoms with Gasteiger partial charge in [0, 0.05) is 0 Å². The molecule has 0 aromatic carbocycles. The van der Waals surface area contributed by atoms with Crippen LogP contribution in [0.15, 0.2) is 0 Å². The van der Waals surface area contributed by atoms with Crippen molar-refractivity contribution in [2.24, 2.45) is 0 Å². The van der Waals surface area contributed by atoms with Crippen LogP contribution in [-0.4, -0.2) is 41.0 Å². The highest BCUT2D eigenvalue weighted by Crippen LogP contribution is 1.60. The maximum absolute atomic E-state index is 5.45. The van der Waals surface area contributed by atoms with Gasteiger partial charge in [0.25, 0.3) is 0 Å². The van der Waals surface area contributed by atoms with Crippen LogP contribution in [-0.2, 0) is 0 Å². The van der Waals surface area contributed by atoms with Crippen LogP contribution >= 0.6 is 11.5 Å². The van der Waals surface area contributed by atoms with E-state index in [1.54, 1.807) is 0 Å². The van der Waals surface area contributed by atoms with Crippen molar-refractivity contribution in [1.29, 1.82) is 0 Å². The fourth-order valence-corrected chi connectivity index (χ4v) is 2.39. The average molecular weight is 169 g/mol. The zero-order valence-electron chi connectivity index (χ0n) is 4.74. The molecule has 0 atom stereocenters. The lowest BCUT2D eigenvalue weighted by molar-refractivity contribution is 0.674. The van der Waals surface area contributed by atoms with Gasteiger partial charge in [-0.1, -0.05) is 0 Å². The molecule has 0 aliphatic heterocycles. The molecule has 42 valence electrons. The van der Waals surface area contributed by atoms with Crippen LogP contribution in [0.3, 0.4) is 0 Å². The second-order valence-electron chi connectivity index (χ2n) is 1.49. The van der Waals surface area contributed by atoms with Crippen LogP contribution in [0.2, 0.25) is 0 Å². The lowest BCUT2D eigenvalue weighted by Gasteiger charge is -2.09. The Labute approximate surface area is 58.0 Å². The first-order valence-corrected chi connectivity index (χ1v) is 6.27. The first-order chi connectivity index (χ1) is 3.27. The Kier molecular flexibility index (Phi) is 5.74. The SMILES string of the molecule is [SiH3]N([SiH3])N[SiH2]BCl. The predicted molar refractivity (Wildman–Crippen MR) is 46.4 cm³/mol. The second kappa shape index (κ2) is 5.07. The van der Waals surface area contributed by atoms with Gasteiger partial charge >= 0.3 is 0 Å². The number of halogens is 1. The molecule has 7 heavy (non-hydrogen) atoms. The molecular formula is H10BClN2Si3. The largest absolute Gasteiger partial charge is 0.312 e. The second-order valence-corrected chi connectivity index (χ2v) is 8.29. The Morgan fingerprint density at radius 3 is 2.43 bits per heavy atom. The average Bonchev–Trinajstić information content (AvgIpc) is 1.61. The Morgan fingerprint density at radius 2 is 2.29 bits per heavy atom. The maximum atomic E-state index is 5.45. The quantitative estimate of drug-likeness (QED) is 0.341. The first kappa shape index (κ1) is 7.93. The smallest absolute Gasteiger partial charge is 0.236 e. The predicted octanol–water partition coefficient (Wildman–Crippen LogP) is -4.06. The highest BCUT2D eigenvalue weighted by atomic mass is 35.5. The van der Waals surface area contributed by atoms with E-state index in [1.807, 2.05) is 0 Å². The molecular weight excluding hydrogens is 159 g/mol. The number of nitrogens with zero attached hydrogens (tertiary/aromatic N) is 1. The van der Waals surface area contributed by atoms with Crippen LogP contribution in [0.25, 0.3) is 0 Å². The monoisotopic (exact) mass is 168 g/mol. The Balaban J connectivity index is 2.68. The van der Waals surface area contributed by atoms with E-state index in [-0.39, 0.29) is 9.55 Å². The minimum atomic E-state index is -0.115. The van der Waals surface area contributed by atoms with Crippen LogP contribution in [0.1, 0.15) is 0 Å². The molecule has 0 aromatic rings. The minimum Gasteiger partial charge on any atom is -0.312 e. The summed E-state index contributed by atoms with van der Waals surface area (Å²) in [5.74, 6) is 0. The summed E-state index contributed by atoms with van der Waals surface area (Å²) in [6.45, 7) is 0. The molecule has 0 bridgehead atoms. The molecule has 0 rings (SSSR count). The number of nitrogens with one attached hydrogen (secondary N) is 1. The van der Waals surface area contributed by atoms with Gasteiger partial charge in [0.05, 0.1) is 30.4 Å². The van der Waals surface area contributed by atoms with Gasteiger partial charge in [-0.05, 0) is 0 Å². The van der Waals surface area contributed by atoms with Gasteiger partial charge in [-0.25, -0.2) is 11.5 Å². The van der Waals surface area contributed by atoms with Crippen molar-refractivity contribution in [2.45, 2.75) is 0 Å². The maximum Gasteiger partial charge on any atom is 0.236 e. The Morgan fingerprint density at radius 1 is 1.71 bits per heavy atom. The van der Waals surface area contributed by atoms with Crippen molar-refractivity contribution in [3.8, 4) is 0 Å². The van der Waals surface area contributed by atoms with Crippen molar-refractivity contribution < 1.29 is 0 Å². The first-order valence-electron chi connectivity index (χ1n) is 2.24. The normalized spacial score (nSPS) is 12.3. The molecule has 0 radical (unpaired) electrons. The van der Waals surface area contributed by atoms with Gasteiger partial charge < -0.3 is 9.43 Å². The Hall–Kier alpha value is 0.926. The molecule has 0 fully saturated rings. The van der Waals surface area contributed by atoms with E-state index in [9.17, 15) is 0 Å². The van der Waals surface area contributed by atoms with Gasteiger partial charge in [-0.2, -0.15) is 0 Å². The van der Waals surface area contributed by atoms with E-state index < -0.39 is 0 Å². The molecule has 0 aromatic heterocycles. The molecule has 1 N–H and O–H groups in total. The van der Waals surface area contributed by atoms with Crippen LogP contribution in [0.5, 0.6) is 0 Å². The Bertz CT molecular complexity index is 41.9. The summed E-state index contributed by atoms with van der Waals surface area (Å²) in [5, 5.41) is 3.26. The lowest BCUT2D eigenvalue weighted by Crippen LogP contribution is -2.37. The van der Waals surface area contributed by atoms with Gasteiger partial charge in [-0.3, -0.25) is 0 Å². The molecule has 0 unspecified atom stereocenters. The summed E-state index contributed by atoms with van der Waals surface area (Å²) in [5.41, 5.74) is 0. The molecule has 0 aliphatic rings. The van der Waals surface area contributed by atoms with Crippen LogP contribution in [0.4, 0.5) is 0 Å². The number of hydrazine groups is 1. The van der Waals surface area contributed by atoms with Crippen molar-refractivity contribution in [3.63, 3.8) is 0 Å². The fourth-order valence-electron chi connectivity index (χ4n) is 0.266. The topological polar surface area (TPSA) is 15.3 Å². The third kappa shape index (κ3) is 6.93. The van der Waals surface area contributed by atoms with Crippen molar-refractivity contribution >= 4 is 48.1 Å². The molecule has 0 aliphatic carbocycles. The molecule has 0 heterocycles.